The van der Waals surface area contributed by atoms with E-state index in [9.17, 15) is 8.42 Å². The number of hydrogen-bond donors (Lipinski definition) is 2. The predicted octanol–water partition coefficient (Wildman–Crippen LogP) is 3.49. The van der Waals surface area contributed by atoms with Crippen molar-refractivity contribution >= 4 is 39.8 Å². The Labute approximate surface area is 181 Å². The van der Waals surface area contributed by atoms with Crippen molar-refractivity contribution in [3.05, 3.63) is 35.9 Å². The highest BCUT2D eigenvalue weighted by molar-refractivity contribution is 14.0. The van der Waals surface area contributed by atoms with Gasteiger partial charge in [0.15, 0.2) is 5.96 Å². The van der Waals surface area contributed by atoms with Crippen LogP contribution >= 0.6 is 24.0 Å². The quantitative estimate of drug-likeness (QED) is 0.321. The molecule has 0 spiro atoms. The van der Waals surface area contributed by atoms with Crippen molar-refractivity contribution in [1.82, 2.24) is 10.6 Å². The Morgan fingerprint density at radius 1 is 1.22 bits per heavy atom. The lowest BCUT2D eigenvalue weighted by Crippen LogP contribution is -2.43. The van der Waals surface area contributed by atoms with Crippen LogP contribution < -0.4 is 10.6 Å². The molecule has 1 fully saturated rings. The predicted molar refractivity (Wildman–Crippen MR) is 125 cm³/mol. The first-order chi connectivity index (χ1) is 12.3. The van der Waals surface area contributed by atoms with Gasteiger partial charge in [-0.3, -0.25) is 4.99 Å². The molecule has 7 heteroatoms. The van der Waals surface area contributed by atoms with E-state index in [1.807, 2.05) is 13.8 Å². The van der Waals surface area contributed by atoms with E-state index in [1.165, 1.54) is 37.5 Å². The highest BCUT2D eigenvalue weighted by atomic mass is 127. The maximum absolute atomic E-state index is 11.4. The van der Waals surface area contributed by atoms with Crippen LogP contribution in [0.15, 0.2) is 35.3 Å². The van der Waals surface area contributed by atoms with Gasteiger partial charge in [0.2, 0.25) is 0 Å². The van der Waals surface area contributed by atoms with Crippen LogP contribution in [0.3, 0.4) is 0 Å². The molecule has 1 aromatic carbocycles. The summed E-state index contributed by atoms with van der Waals surface area (Å²) < 4.78 is 22.7. The molecule has 27 heavy (non-hydrogen) atoms. The lowest BCUT2D eigenvalue weighted by atomic mass is 9.79. The molecule has 1 unspecified atom stereocenters. The zero-order valence-corrected chi connectivity index (χ0v) is 19.8. The third kappa shape index (κ3) is 7.97. The molecule has 1 aromatic rings. The maximum atomic E-state index is 11.4. The molecule has 0 amide bonds. The molecule has 1 aliphatic rings. The number of rotatable bonds is 8. The summed E-state index contributed by atoms with van der Waals surface area (Å²) in [5.41, 5.74) is 1.50. The summed E-state index contributed by atoms with van der Waals surface area (Å²) in [5, 5.41) is 6.65. The molecular weight excluding hydrogens is 473 g/mol. The molecule has 0 aliphatic heterocycles. The Morgan fingerprint density at radius 3 is 2.41 bits per heavy atom. The summed E-state index contributed by atoms with van der Waals surface area (Å²) in [6.07, 6.45) is 6.70. The lowest BCUT2D eigenvalue weighted by molar-refractivity contribution is 0.452. The molecule has 5 nitrogen and oxygen atoms in total. The van der Waals surface area contributed by atoms with Crippen LogP contribution in [-0.4, -0.2) is 45.5 Å². The fourth-order valence-electron chi connectivity index (χ4n) is 3.63. The first-order valence-corrected chi connectivity index (χ1v) is 11.7. The lowest BCUT2D eigenvalue weighted by Gasteiger charge is -2.28. The molecule has 1 saturated carbocycles. The molecule has 2 N–H and O–H groups in total. The zero-order valence-electron chi connectivity index (χ0n) is 16.7. The highest BCUT2D eigenvalue weighted by Gasteiger charge is 2.35. The first-order valence-electron chi connectivity index (χ1n) is 9.63. The van der Waals surface area contributed by atoms with E-state index < -0.39 is 9.84 Å². The Kier molecular flexibility index (Phi) is 10.1. The molecule has 0 bridgehead atoms. The second kappa shape index (κ2) is 11.2. The minimum atomic E-state index is -2.94. The van der Waals surface area contributed by atoms with Gasteiger partial charge in [-0.1, -0.05) is 43.2 Å². The molecule has 0 saturated heterocycles. The van der Waals surface area contributed by atoms with Gasteiger partial charge in [-0.2, -0.15) is 0 Å². The molecule has 2 rings (SSSR count). The fourth-order valence-corrected chi connectivity index (χ4v) is 4.41. The van der Waals surface area contributed by atoms with Crippen molar-refractivity contribution in [3.8, 4) is 0 Å². The van der Waals surface area contributed by atoms with Crippen LogP contribution in [-0.2, 0) is 15.3 Å². The third-order valence-electron chi connectivity index (χ3n) is 5.14. The van der Waals surface area contributed by atoms with E-state index in [0.29, 0.717) is 6.42 Å². The monoisotopic (exact) mass is 507 g/mol. The minimum Gasteiger partial charge on any atom is -0.357 e. The van der Waals surface area contributed by atoms with Crippen molar-refractivity contribution in [2.45, 2.75) is 57.4 Å². The topological polar surface area (TPSA) is 70.6 Å². The number of guanidine groups is 1. The van der Waals surface area contributed by atoms with E-state index in [2.05, 4.69) is 41.0 Å². The van der Waals surface area contributed by atoms with Crippen LogP contribution in [0.4, 0.5) is 0 Å². The molecule has 154 valence electrons. The van der Waals surface area contributed by atoms with Gasteiger partial charge in [0.1, 0.15) is 9.84 Å². The van der Waals surface area contributed by atoms with Gasteiger partial charge in [0.25, 0.3) is 0 Å². The second-order valence-corrected chi connectivity index (χ2v) is 9.77. The highest BCUT2D eigenvalue weighted by Crippen LogP contribution is 2.41. The summed E-state index contributed by atoms with van der Waals surface area (Å²) in [6, 6.07) is 10.8. The van der Waals surface area contributed by atoms with Gasteiger partial charge in [0.05, 0.1) is 12.3 Å². The summed E-state index contributed by atoms with van der Waals surface area (Å²) in [4.78, 5) is 4.87. The Bertz CT molecular complexity index is 686. The van der Waals surface area contributed by atoms with Gasteiger partial charge >= 0.3 is 0 Å². The number of sulfone groups is 1. The van der Waals surface area contributed by atoms with Crippen molar-refractivity contribution in [2.75, 3.05) is 25.1 Å². The fraction of sp³-hybridized carbons (Fsp3) is 0.650. The van der Waals surface area contributed by atoms with Crippen LogP contribution in [0.5, 0.6) is 0 Å². The van der Waals surface area contributed by atoms with Crippen LogP contribution in [0.1, 0.15) is 51.5 Å². The minimum absolute atomic E-state index is 0. The Morgan fingerprint density at radius 2 is 1.85 bits per heavy atom. The van der Waals surface area contributed by atoms with Crippen molar-refractivity contribution in [1.29, 1.82) is 0 Å². The Balaban J connectivity index is 0.00000364. The Hall–Kier alpha value is -0.830. The average molecular weight is 507 g/mol. The molecule has 0 radical (unpaired) electrons. The summed E-state index contributed by atoms with van der Waals surface area (Å²) in [7, 11) is -2.94. The standard InChI is InChI=1S/C20H33N3O2S.HI/c1-4-21-19(23-17(2)12-15-26(3,24)25)22-16-20(13-8-9-14-20)18-10-6-5-7-11-18;/h5-7,10-11,17H,4,8-9,12-16H2,1-3H3,(H2,21,22,23);1H. The number of nitrogens with zero attached hydrogens (tertiary/aromatic N) is 1. The number of halogens is 1. The SMILES string of the molecule is CCNC(=NCC1(c2ccccc2)CCCC1)NC(C)CCS(C)(=O)=O.I. The van der Waals surface area contributed by atoms with E-state index in [0.717, 1.165) is 19.0 Å². The summed E-state index contributed by atoms with van der Waals surface area (Å²) in [6.45, 7) is 5.58. The van der Waals surface area contributed by atoms with Gasteiger partial charge in [-0.05, 0) is 38.7 Å². The van der Waals surface area contributed by atoms with Gasteiger partial charge in [-0.15, -0.1) is 24.0 Å². The van der Waals surface area contributed by atoms with Gasteiger partial charge in [-0.25, -0.2) is 8.42 Å². The number of benzene rings is 1. The zero-order chi connectivity index (χ0) is 19.0. The number of aliphatic imine (C=N–C) groups is 1. The smallest absolute Gasteiger partial charge is 0.191 e. The largest absolute Gasteiger partial charge is 0.357 e. The van der Waals surface area contributed by atoms with Crippen LogP contribution in [0.2, 0.25) is 0 Å². The molecule has 0 heterocycles. The van der Waals surface area contributed by atoms with E-state index >= 15 is 0 Å². The molecule has 0 aromatic heterocycles. The second-order valence-electron chi connectivity index (χ2n) is 7.51. The first kappa shape index (κ1) is 24.2. The molecule has 1 atom stereocenters. The third-order valence-corrected chi connectivity index (χ3v) is 6.11. The van der Waals surface area contributed by atoms with E-state index in [1.54, 1.807) is 0 Å². The van der Waals surface area contributed by atoms with E-state index in [-0.39, 0.29) is 41.2 Å². The average Bonchev–Trinajstić information content (AvgIpc) is 3.09. The summed E-state index contributed by atoms with van der Waals surface area (Å²) in [5.74, 6) is 0.963. The van der Waals surface area contributed by atoms with Gasteiger partial charge in [0, 0.05) is 24.3 Å². The van der Waals surface area contributed by atoms with Crippen molar-refractivity contribution < 1.29 is 8.42 Å². The van der Waals surface area contributed by atoms with Gasteiger partial charge < -0.3 is 10.6 Å². The van der Waals surface area contributed by atoms with Crippen LogP contribution in [0.25, 0.3) is 0 Å². The number of hydrogen-bond acceptors (Lipinski definition) is 3. The van der Waals surface area contributed by atoms with Crippen molar-refractivity contribution in [3.63, 3.8) is 0 Å². The van der Waals surface area contributed by atoms with Crippen LogP contribution in [0, 0.1) is 0 Å². The van der Waals surface area contributed by atoms with E-state index in [4.69, 9.17) is 4.99 Å². The maximum Gasteiger partial charge on any atom is 0.191 e. The molecular formula is C20H34IN3O2S. The number of nitrogens with one attached hydrogen (secondary N) is 2. The molecule has 1 aliphatic carbocycles. The van der Waals surface area contributed by atoms with Crippen molar-refractivity contribution in [2.24, 2.45) is 4.99 Å². The normalized spacial score (nSPS) is 17.8. The summed E-state index contributed by atoms with van der Waals surface area (Å²) >= 11 is 0.